The molecule has 0 radical (unpaired) electrons. The Morgan fingerprint density at radius 2 is 1.82 bits per heavy atom. The first kappa shape index (κ1) is 11.3. The molecule has 0 bridgehead atoms. The van der Waals surface area contributed by atoms with E-state index in [-0.39, 0.29) is 16.7 Å². The van der Waals surface area contributed by atoms with Gasteiger partial charge in [0.05, 0.1) is 7.11 Å². The van der Waals surface area contributed by atoms with Gasteiger partial charge in [0, 0.05) is 17.9 Å². The van der Waals surface area contributed by atoms with Crippen molar-refractivity contribution in [2.24, 2.45) is 10.8 Å². The Labute approximate surface area is 106 Å². The molecule has 3 aliphatic rings. The standard InChI is InChI=1S/C13H16ClNO2/c1-15(17-2)10(16)13(14)11-6-3-4-7-12(11,13)9-5-8-11/h3-4,6-7H,5,8-9H2,1-2H3/t11-,12+,13?. The average Bonchev–Trinajstić information content (AvgIpc) is 2.67. The Bertz CT molecular complexity index is 419. The predicted molar refractivity (Wildman–Crippen MR) is 65.4 cm³/mol. The Balaban J connectivity index is 2.04. The predicted octanol–water partition coefficient (Wildman–Crippen LogP) is 2.28. The van der Waals surface area contributed by atoms with Crippen LogP contribution < -0.4 is 0 Å². The zero-order valence-corrected chi connectivity index (χ0v) is 10.8. The molecule has 3 aliphatic carbocycles. The Kier molecular flexibility index (Phi) is 2.09. The van der Waals surface area contributed by atoms with Crippen molar-refractivity contribution in [3.63, 3.8) is 0 Å². The molecule has 0 aromatic rings. The fourth-order valence-electron chi connectivity index (χ4n) is 3.96. The lowest BCUT2D eigenvalue weighted by Gasteiger charge is -2.23. The second-order valence-electron chi connectivity index (χ2n) is 5.16. The van der Waals surface area contributed by atoms with Crippen molar-refractivity contribution in [3.8, 4) is 0 Å². The first-order valence-corrected chi connectivity index (χ1v) is 6.32. The molecule has 0 heterocycles. The van der Waals surface area contributed by atoms with Crippen molar-refractivity contribution in [2.75, 3.05) is 14.2 Å². The van der Waals surface area contributed by atoms with Gasteiger partial charge in [0.1, 0.15) is 4.87 Å². The summed E-state index contributed by atoms with van der Waals surface area (Å²) >= 11 is 6.72. The number of hydrogen-bond acceptors (Lipinski definition) is 2. The third-order valence-electron chi connectivity index (χ3n) is 4.83. The Hall–Kier alpha value is -0.800. The molecule has 17 heavy (non-hydrogen) atoms. The fourth-order valence-corrected chi connectivity index (χ4v) is 4.68. The van der Waals surface area contributed by atoms with E-state index in [4.69, 9.17) is 16.4 Å². The van der Waals surface area contributed by atoms with Crippen LogP contribution in [0.25, 0.3) is 0 Å². The van der Waals surface area contributed by atoms with Crippen LogP contribution in [-0.2, 0) is 9.63 Å². The van der Waals surface area contributed by atoms with Gasteiger partial charge in [-0.25, -0.2) is 5.06 Å². The van der Waals surface area contributed by atoms with Crippen molar-refractivity contribution >= 4 is 17.5 Å². The van der Waals surface area contributed by atoms with Gasteiger partial charge in [0.2, 0.25) is 0 Å². The smallest absolute Gasteiger partial charge is 0.268 e. The number of alkyl halides is 1. The molecule has 2 fully saturated rings. The molecule has 92 valence electrons. The van der Waals surface area contributed by atoms with E-state index in [1.165, 1.54) is 12.2 Å². The number of carbonyl (C=O) groups is 1. The molecule has 1 amide bonds. The number of hydroxylamine groups is 2. The van der Waals surface area contributed by atoms with Gasteiger partial charge in [-0.05, 0) is 12.8 Å². The van der Waals surface area contributed by atoms with Crippen LogP contribution in [0.4, 0.5) is 0 Å². The number of hydrogen-bond donors (Lipinski definition) is 0. The van der Waals surface area contributed by atoms with Crippen LogP contribution in [-0.4, -0.2) is 30.0 Å². The zero-order chi connectivity index (χ0) is 12.3. The van der Waals surface area contributed by atoms with E-state index in [0.29, 0.717) is 0 Å². The summed E-state index contributed by atoms with van der Waals surface area (Å²) in [6.45, 7) is 0. The third-order valence-corrected chi connectivity index (χ3v) is 5.67. The first-order chi connectivity index (χ1) is 8.06. The molecule has 0 spiro atoms. The first-order valence-electron chi connectivity index (χ1n) is 5.94. The zero-order valence-electron chi connectivity index (χ0n) is 10.1. The summed E-state index contributed by atoms with van der Waals surface area (Å²) in [4.78, 5) is 16.6. The van der Waals surface area contributed by atoms with Crippen LogP contribution in [0.3, 0.4) is 0 Å². The summed E-state index contributed by atoms with van der Waals surface area (Å²) < 4.78 is 0. The molecule has 1 unspecified atom stereocenters. The summed E-state index contributed by atoms with van der Waals surface area (Å²) in [6, 6.07) is 0. The maximum atomic E-state index is 12.4. The topological polar surface area (TPSA) is 29.5 Å². The van der Waals surface area contributed by atoms with Crippen LogP contribution in [0.15, 0.2) is 24.3 Å². The van der Waals surface area contributed by atoms with Crippen LogP contribution in [0.1, 0.15) is 19.3 Å². The summed E-state index contributed by atoms with van der Waals surface area (Å²) in [6.07, 6.45) is 11.4. The highest BCUT2D eigenvalue weighted by Gasteiger charge is 2.89. The van der Waals surface area contributed by atoms with Gasteiger partial charge in [-0.3, -0.25) is 9.63 Å². The van der Waals surface area contributed by atoms with Gasteiger partial charge in [0.15, 0.2) is 0 Å². The molecule has 3 atom stereocenters. The van der Waals surface area contributed by atoms with E-state index in [2.05, 4.69) is 12.2 Å². The normalized spacial score (nSPS) is 45.4. The maximum Gasteiger partial charge on any atom is 0.268 e. The number of halogens is 1. The van der Waals surface area contributed by atoms with E-state index in [1.807, 2.05) is 12.2 Å². The van der Waals surface area contributed by atoms with Gasteiger partial charge in [-0.15, -0.1) is 11.6 Å². The highest BCUT2D eigenvalue weighted by Crippen LogP contribution is 2.85. The lowest BCUT2D eigenvalue weighted by molar-refractivity contribution is -0.170. The largest absolute Gasteiger partial charge is 0.275 e. The minimum Gasteiger partial charge on any atom is -0.275 e. The Morgan fingerprint density at radius 1 is 1.29 bits per heavy atom. The van der Waals surface area contributed by atoms with E-state index in [9.17, 15) is 4.79 Å². The molecule has 3 rings (SSSR count). The quantitative estimate of drug-likeness (QED) is 0.558. The van der Waals surface area contributed by atoms with Crippen LogP contribution in [0.5, 0.6) is 0 Å². The minimum atomic E-state index is -0.841. The molecular weight excluding hydrogens is 238 g/mol. The Morgan fingerprint density at radius 3 is 2.29 bits per heavy atom. The van der Waals surface area contributed by atoms with E-state index in [0.717, 1.165) is 19.3 Å². The number of allylic oxidation sites excluding steroid dienone is 4. The van der Waals surface area contributed by atoms with Gasteiger partial charge in [-0.1, -0.05) is 30.7 Å². The number of rotatable bonds is 2. The molecule has 2 saturated carbocycles. The molecular formula is C13H16ClNO2. The van der Waals surface area contributed by atoms with Crippen molar-refractivity contribution < 1.29 is 9.63 Å². The molecule has 0 N–H and O–H groups in total. The van der Waals surface area contributed by atoms with E-state index < -0.39 is 4.87 Å². The summed E-state index contributed by atoms with van der Waals surface area (Å²) in [5.74, 6) is -0.127. The van der Waals surface area contributed by atoms with Gasteiger partial charge < -0.3 is 0 Å². The summed E-state index contributed by atoms with van der Waals surface area (Å²) in [5, 5.41) is 1.25. The lowest BCUT2D eigenvalue weighted by Crippen LogP contribution is -2.39. The second-order valence-corrected chi connectivity index (χ2v) is 5.73. The van der Waals surface area contributed by atoms with Crippen LogP contribution >= 0.6 is 11.6 Å². The molecule has 0 aromatic heterocycles. The fraction of sp³-hybridized carbons (Fsp3) is 0.615. The van der Waals surface area contributed by atoms with Gasteiger partial charge >= 0.3 is 0 Å². The van der Waals surface area contributed by atoms with Crippen molar-refractivity contribution in [1.82, 2.24) is 5.06 Å². The lowest BCUT2D eigenvalue weighted by atomic mass is 9.92. The van der Waals surface area contributed by atoms with Gasteiger partial charge in [-0.2, -0.15) is 0 Å². The minimum absolute atomic E-state index is 0.127. The molecule has 3 nitrogen and oxygen atoms in total. The molecule has 0 aromatic carbocycles. The molecule has 0 saturated heterocycles. The third kappa shape index (κ3) is 0.936. The average molecular weight is 254 g/mol. The molecule has 0 aliphatic heterocycles. The summed E-state index contributed by atoms with van der Waals surface area (Å²) in [5.41, 5.74) is -0.361. The summed E-state index contributed by atoms with van der Waals surface area (Å²) in [7, 11) is 3.11. The van der Waals surface area contributed by atoms with Crippen LogP contribution in [0, 0.1) is 10.8 Å². The van der Waals surface area contributed by atoms with E-state index >= 15 is 0 Å². The SMILES string of the molecule is CON(C)C(=O)C1(Cl)[C@@]23C=CC=C[C@@]12CCC3. The van der Waals surface area contributed by atoms with Crippen molar-refractivity contribution in [3.05, 3.63) is 24.3 Å². The second kappa shape index (κ2) is 3.15. The van der Waals surface area contributed by atoms with E-state index in [1.54, 1.807) is 7.05 Å². The number of carbonyl (C=O) groups excluding carboxylic acids is 1. The van der Waals surface area contributed by atoms with Crippen LogP contribution in [0.2, 0.25) is 0 Å². The maximum absolute atomic E-state index is 12.4. The van der Waals surface area contributed by atoms with Gasteiger partial charge in [0.25, 0.3) is 5.91 Å². The number of amides is 1. The van der Waals surface area contributed by atoms with Crippen molar-refractivity contribution in [2.45, 2.75) is 24.1 Å². The highest BCUT2D eigenvalue weighted by atomic mass is 35.5. The number of nitrogens with zero attached hydrogens (tertiary/aromatic N) is 1. The van der Waals surface area contributed by atoms with Crippen molar-refractivity contribution in [1.29, 1.82) is 0 Å². The monoisotopic (exact) mass is 253 g/mol. The highest BCUT2D eigenvalue weighted by molar-refractivity contribution is 6.40. The molecule has 4 heteroatoms.